The summed E-state index contributed by atoms with van der Waals surface area (Å²) in [4.78, 5) is 0. The number of hydrogen-bond donors (Lipinski definition) is 4. The minimum absolute atomic E-state index is 0.905. The van der Waals surface area contributed by atoms with Crippen molar-refractivity contribution in [3.05, 3.63) is 48.5 Å². The lowest BCUT2D eigenvalue weighted by molar-refractivity contribution is 0.984. The molecule has 0 heterocycles. The van der Waals surface area contributed by atoms with E-state index >= 15 is 0 Å². The summed E-state index contributed by atoms with van der Waals surface area (Å²) in [5, 5.41) is 0. The Morgan fingerprint density at radius 1 is 0.765 bits per heavy atom. The highest BCUT2D eigenvalue weighted by Crippen LogP contribution is 2.22. The zero-order valence-corrected chi connectivity index (χ0v) is 9.70. The summed E-state index contributed by atoms with van der Waals surface area (Å²) >= 11 is 0. The number of benzene rings is 2. The van der Waals surface area contributed by atoms with Crippen LogP contribution in [-0.4, -0.2) is 7.05 Å². The van der Waals surface area contributed by atoms with Gasteiger partial charge in [-0.2, -0.15) is 0 Å². The van der Waals surface area contributed by atoms with Gasteiger partial charge in [0.15, 0.2) is 0 Å². The molecule has 0 amide bonds. The molecule has 2 aromatic rings. The van der Waals surface area contributed by atoms with Crippen LogP contribution in [0.4, 0.5) is 11.4 Å². The van der Waals surface area contributed by atoms with E-state index in [9.17, 15) is 0 Å². The molecule has 0 saturated carbocycles. The minimum Gasteiger partial charge on any atom is -0.324 e. The molecule has 88 valence electrons. The SMILES string of the molecule is CNNc1ccc(-c2ccc(NN)cc2)cc1. The van der Waals surface area contributed by atoms with E-state index in [0.29, 0.717) is 0 Å². The number of nitrogens with one attached hydrogen (secondary N) is 3. The monoisotopic (exact) mass is 228 g/mol. The third-order valence-electron chi connectivity index (χ3n) is 2.54. The number of anilines is 2. The summed E-state index contributed by atoms with van der Waals surface area (Å²) in [5.41, 5.74) is 12.8. The van der Waals surface area contributed by atoms with E-state index in [2.05, 4.69) is 28.4 Å². The van der Waals surface area contributed by atoms with Crippen LogP contribution in [0, 0.1) is 0 Å². The van der Waals surface area contributed by atoms with Crippen LogP contribution in [0.25, 0.3) is 11.1 Å². The molecule has 0 unspecified atom stereocenters. The van der Waals surface area contributed by atoms with Gasteiger partial charge in [0.1, 0.15) is 0 Å². The Kier molecular flexibility index (Phi) is 3.59. The molecule has 5 N–H and O–H groups in total. The Balaban J connectivity index is 2.20. The van der Waals surface area contributed by atoms with Crippen LogP contribution in [0.3, 0.4) is 0 Å². The van der Waals surface area contributed by atoms with E-state index in [4.69, 9.17) is 5.84 Å². The Hall–Kier alpha value is -2.04. The van der Waals surface area contributed by atoms with E-state index in [1.54, 1.807) is 0 Å². The zero-order valence-electron chi connectivity index (χ0n) is 9.70. The first kappa shape index (κ1) is 11.4. The second kappa shape index (κ2) is 5.34. The summed E-state index contributed by atoms with van der Waals surface area (Å²) in [5.74, 6) is 5.33. The third kappa shape index (κ3) is 2.75. The molecular formula is C13H16N4. The predicted molar refractivity (Wildman–Crippen MR) is 72.4 cm³/mol. The second-order valence-corrected chi connectivity index (χ2v) is 3.67. The Bertz CT molecular complexity index is 462. The standard InChI is InChI=1S/C13H16N4/c1-15-17-13-8-4-11(5-9-13)10-2-6-12(16-14)7-3-10/h2-9,15-17H,14H2,1H3. The number of hydrogen-bond acceptors (Lipinski definition) is 4. The maximum atomic E-state index is 5.33. The highest BCUT2D eigenvalue weighted by molar-refractivity contribution is 5.67. The van der Waals surface area contributed by atoms with Crippen LogP contribution in [-0.2, 0) is 0 Å². The van der Waals surface area contributed by atoms with E-state index in [1.165, 1.54) is 11.1 Å². The van der Waals surface area contributed by atoms with Crippen LogP contribution in [0.1, 0.15) is 0 Å². The van der Waals surface area contributed by atoms with Crippen molar-refractivity contribution < 1.29 is 0 Å². The summed E-state index contributed by atoms with van der Waals surface area (Å²) in [6.45, 7) is 0. The molecule has 0 bridgehead atoms. The van der Waals surface area contributed by atoms with Gasteiger partial charge < -0.3 is 10.9 Å². The van der Waals surface area contributed by atoms with Crippen molar-refractivity contribution in [1.29, 1.82) is 0 Å². The maximum absolute atomic E-state index is 5.33. The first-order valence-corrected chi connectivity index (χ1v) is 5.43. The van der Waals surface area contributed by atoms with Crippen molar-refractivity contribution in [3.8, 4) is 11.1 Å². The summed E-state index contributed by atoms with van der Waals surface area (Å²) < 4.78 is 0. The first-order chi connectivity index (χ1) is 8.33. The molecule has 0 fully saturated rings. The fourth-order valence-electron chi connectivity index (χ4n) is 1.65. The summed E-state index contributed by atoms with van der Waals surface area (Å²) in [6, 6.07) is 16.2. The van der Waals surface area contributed by atoms with Crippen molar-refractivity contribution in [2.45, 2.75) is 0 Å². The molecule has 0 aliphatic carbocycles. The van der Waals surface area contributed by atoms with Crippen molar-refractivity contribution >= 4 is 11.4 Å². The highest BCUT2D eigenvalue weighted by atomic mass is 15.3. The smallest absolute Gasteiger partial charge is 0.0487 e. The topological polar surface area (TPSA) is 62.1 Å². The van der Waals surface area contributed by atoms with Gasteiger partial charge in [-0.25, -0.2) is 5.43 Å². The Labute approximate surface area is 101 Å². The van der Waals surface area contributed by atoms with Gasteiger partial charge in [0.2, 0.25) is 0 Å². The number of nitrogens with two attached hydrogens (primary N) is 1. The van der Waals surface area contributed by atoms with E-state index in [-0.39, 0.29) is 0 Å². The zero-order chi connectivity index (χ0) is 12.1. The van der Waals surface area contributed by atoms with E-state index < -0.39 is 0 Å². The van der Waals surface area contributed by atoms with Crippen LogP contribution in [0.15, 0.2) is 48.5 Å². The van der Waals surface area contributed by atoms with Gasteiger partial charge in [0, 0.05) is 18.4 Å². The van der Waals surface area contributed by atoms with Crippen molar-refractivity contribution in [2.75, 3.05) is 17.9 Å². The van der Waals surface area contributed by atoms with Gasteiger partial charge in [-0.05, 0) is 35.4 Å². The molecule has 4 heteroatoms. The van der Waals surface area contributed by atoms with Gasteiger partial charge >= 0.3 is 0 Å². The molecule has 2 aromatic carbocycles. The van der Waals surface area contributed by atoms with Crippen LogP contribution >= 0.6 is 0 Å². The minimum atomic E-state index is 0.905. The molecule has 0 saturated heterocycles. The molecule has 0 aromatic heterocycles. The normalized spacial score (nSPS) is 10.0. The molecule has 0 aliphatic heterocycles. The molecule has 2 rings (SSSR count). The van der Waals surface area contributed by atoms with Gasteiger partial charge in [-0.1, -0.05) is 24.3 Å². The molecular weight excluding hydrogens is 212 g/mol. The van der Waals surface area contributed by atoms with Crippen molar-refractivity contribution in [1.82, 2.24) is 5.43 Å². The molecule has 0 radical (unpaired) electrons. The number of rotatable bonds is 4. The lowest BCUT2D eigenvalue weighted by atomic mass is 10.1. The summed E-state index contributed by atoms with van der Waals surface area (Å²) in [6.07, 6.45) is 0. The molecule has 0 atom stereocenters. The van der Waals surface area contributed by atoms with Crippen LogP contribution in [0.5, 0.6) is 0 Å². The largest absolute Gasteiger partial charge is 0.324 e. The highest BCUT2D eigenvalue weighted by Gasteiger charge is 1.97. The van der Waals surface area contributed by atoms with E-state index in [0.717, 1.165) is 11.4 Å². The molecule has 0 aliphatic rings. The molecule has 4 nitrogen and oxygen atoms in total. The van der Waals surface area contributed by atoms with Gasteiger partial charge in [0.25, 0.3) is 0 Å². The Morgan fingerprint density at radius 2 is 1.24 bits per heavy atom. The van der Waals surface area contributed by atoms with Gasteiger partial charge in [0.05, 0.1) is 0 Å². The molecule has 17 heavy (non-hydrogen) atoms. The van der Waals surface area contributed by atoms with E-state index in [1.807, 2.05) is 43.4 Å². The predicted octanol–water partition coefficient (Wildman–Crippen LogP) is 2.19. The van der Waals surface area contributed by atoms with Crippen molar-refractivity contribution in [2.24, 2.45) is 5.84 Å². The fourth-order valence-corrected chi connectivity index (χ4v) is 1.65. The quantitative estimate of drug-likeness (QED) is 0.478. The number of hydrazine groups is 2. The molecule has 0 spiro atoms. The first-order valence-electron chi connectivity index (χ1n) is 5.43. The van der Waals surface area contributed by atoms with Crippen LogP contribution < -0.4 is 22.1 Å². The van der Waals surface area contributed by atoms with Gasteiger partial charge in [-0.15, -0.1) is 0 Å². The maximum Gasteiger partial charge on any atom is 0.0487 e. The van der Waals surface area contributed by atoms with Crippen molar-refractivity contribution in [3.63, 3.8) is 0 Å². The lowest BCUT2D eigenvalue weighted by Gasteiger charge is -2.07. The average Bonchev–Trinajstić information content (AvgIpc) is 2.40. The third-order valence-corrected chi connectivity index (χ3v) is 2.54. The van der Waals surface area contributed by atoms with Gasteiger partial charge in [-0.3, -0.25) is 5.84 Å². The lowest BCUT2D eigenvalue weighted by Crippen LogP contribution is -2.14. The summed E-state index contributed by atoms with van der Waals surface area (Å²) in [7, 11) is 1.84. The second-order valence-electron chi connectivity index (χ2n) is 3.67. The number of nitrogen functional groups attached to an aromatic ring is 1. The Morgan fingerprint density at radius 3 is 1.65 bits per heavy atom. The average molecular weight is 228 g/mol. The fraction of sp³-hybridized carbons (Fsp3) is 0.0769. The van der Waals surface area contributed by atoms with Crippen LogP contribution in [0.2, 0.25) is 0 Å².